The minimum Gasteiger partial charge on any atom is -0.297 e. The number of hydrogen-bond donors (Lipinski definition) is 0. The fourth-order valence-corrected chi connectivity index (χ4v) is 2.40. The molecule has 0 aliphatic carbocycles. The zero-order chi connectivity index (χ0) is 11.1. The normalized spacial score (nSPS) is 10.2. The Labute approximate surface area is 94.3 Å². The van der Waals surface area contributed by atoms with E-state index in [1.165, 1.54) is 30.6 Å². The maximum Gasteiger partial charge on any atom is 0.160 e. The van der Waals surface area contributed by atoms with Gasteiger partial charge in [0.25, 0.3) is 0 Å². The van der Waals surface area contributed by atoms with Crippen LogP contribution < -0.4 is 0 Å². The molecule has 3 heteroatoms. The van der Waals surface area contributed by atoms with Crippen molar-refractivity contribution in [2.45, 2.75) is 39.0 Å². The second-order valence-corrected chi connectivity index (χ2v) is 4.70. The van der Waals surface area contributed by atoms with E-state index in [9.17, 15) is 9.59 Å². The molecule has 2 nitrogen and oxygen atoms in total. The first-order chi connectivity index (χ1) is 7.31. The van der Waals surface area contributed by atoms with E-state index in [0.29, 0.717) is 9.75 Å². The fourth-order valence-electron chi connectivity index (χ4n) is 1.56. The molecule has 1 heterocycles. The molecule has 0 N–H and O–H groups in total. The lowest BCUT2D eigenvalue weighted by Crippen LogP contribution is -1.87. The molecule has 0 unspecified atom stereocenters. The van der Waals surface area contributed by atoms with Crippen molar-refractivity contribution in [2.75, 3.05) is 0 Å². The van der Waals surface area contributed by atoms with Crippen molar-refractivity contribution in [1.82, 2.24) is 0 Å². The summed E-state index contributed by atoms with van der Waals surface area (Å²) in [6, 6.07) is 1.84. The van der Waals surface area contributed by atoms with Gasteiger partial charge in [-0.15, -0.1) is 11.3 Å². The summed E-state index contributed by atoms with van der Waals surface area (Å²) in [5.74, 6) is 0. The summed E-state index contributed by atoms with van der Waals surface area (Å²) in [5.41, 5.74) is 1.04. The van der Waals surface area contributed by atoms with E-state index < -0.39 is 0 Å². The van der Waals surface area contributed by atoms with Crippen molar-refractivity contribution >= 4 is 23.9 Å². The second kappa shape index (κ2) is 6.51. The molecular weight excluding hydrogens is 208 g/mol. The van der Waals surface area contributed by atoms with Gasteiger partial charge in [-0.3, -0.25) is 9.59 Å². The van der Waals surface area contributed by atoms with Gasteiger partial charge in [-0.05, 0) is 24.5 Å². The van der Waals surface area contributed by atoms with Gasteiger partial charge in [0.05, 0.1) is 9.75 Å². The van der Waals surface area contributed by atoms with Gasteiger partial charge in [-0.2, -0.15) is 0 Å². The first kappa shape index (κ1) is 12.1. The lowest BCUT2D eigenvalue weighted by molar-refractivity contribution is 0.111. The predicted octanol–water partition coefficient (Wildman–Crippen LogP) is 3.50. The third kappa shape index (κ3) is 3.59. The molecule has 0 bridgehead atoms. The zero-order valence-electron chi connectivity index (χ0n) is 8.99. The molecular formula is C12H16O2S. The lowest BCUT2D eigenvalue weighted by atomic mass is 10.1. The molecule has 0 radical (unpaired) electrons. The molecule has 15 heavy (non-hydrogen) atoms. The molecule has 1 aromatic rings. The standard InChI is InChI=1S/C12H16O2S/c1-2-3-4-5-6-10-7-11(8-13)15-12(10)9-14/h7-9H,2-6H2,1H3. The van der Waals surface area contributed by atoms with Crippen LogP contribution in [0, 0.1) is 0 Å². The lowest BCUT2D eigenvalue weighted by Gasteiger charge is -1.98. The molecule has 82 valence electrons. The van der Waals surface area contributed by atoms with Crippen LogP contribution in [0.1, 0.15) is 57.5 Å². The molecule has 0 fully saturated rings. The summed E-state index contributed by atoms with van der Waals surface area (Å²) >= 11 is 1.29. The number of aryl methyl sites for hydroxylation is 1. The van der Waals surface area contributed by atoms with E-state index in [4.69, 9.17) is 0 Å². The Hall–Kier alpha value is -0.960. The fraction of sp³-hybridized carbons (Fsp3) is 0.500. The number of hydrogen-bond acceptors (Lipinski definition) is 3. The van der Waals surface area contributed by atoms with E-state index >= 15 is 0 Å². The average molecular weight is 224 g/mol. The van der Waals surface area contributed by atoms with Crippen molar-refractivity contribution < 1.29 is 9.59 Å². The van der Waals surface area contributed by atoms with Crippen molar-refractivity contribution in [3.8, 4) is 0 Å². The van der Waals surface area contributed by atoms with Gasteiger partial charge in [0, 0.05) is 0 Å². The summed E-state index contributed by atoms with van der Waals surface area (Å²) in [7, 11) is 0. The highest BCUT2D eigenvalue weighted by molar-refractivity contribution is 7.15. The summed E-state index contributed by atoms with van der Waals surface area (Å²) in [5, 5.41) is 0. The summed E-state index contributed by atoms with van der Waals surface area (Å²) in [6.45, 7) is 2.17. The Morgan fingerprint density at radius 2 is 2.00 bits per heavy atom. The van der Waals surface area contributed by atoms with Crippen LogP contribution in [0.2, 0.25) is 0 Å². The number of rotatable bonds is 7. The predicted molar refractivity (Wildman–Crippen MR) is 62.9 cm³/mol. The van der Waals surface area contributed by atoms with Crippen LogP contribution in [0.4, 0.5) is 0 Å². The van der Waals surface area contributed by atoms with Crippen LogP contribution >= 0.6 is 11.3 Å². The number of aldehydes is 2. The molecule has 0 saturated carbocycles. The third-order valence-electron chi connectivity index (χ3n) is 2.38. The first-order valence-electron chi connectivity index (χ1n) is 5.35. The Balaban J connectivity index is 2.54. The summed E-state index contributed by atoms with van der Waals surface area (Å²) in [6.07, 6.45) is 7.33. The number of carbonyl (C=O) groups is 2. The van der Waals surface area contributed by atoms with Crippen molar-refractivity contribution in [3.63, 3.8) is 0 Å². The summed E-state index contributed by atoms with van der Waals surface area (Å²) in [4.78, 5) is 22.7. The molecule has 0 aliphatic heterocycles. The maximum absolute atomic E-state index is 10.7. The van der Waals surface area contributed by atoms with Gasteiger partial charge in [0.1, 0.15) is 0 Å². The Bertz CT molecular complexity index is 328. The third-order valence-corrected chi connectivity index (χ3v) is 3.41. The summed E-state index contributed by atoms with van der Waals surface area (Å²) < 4.78 is 0. The monoisotopic (exact) mass is 224 g/mol. The van der Waals surface area contributed by atoms with Gasteiger partial charge in [-0.25, -0.2) is 0 Å². The highest BCUT2D eigenvalue weighted by Crippen LogP contribution is 2.21. The highest BCUT2D eigenvalue weighted by atomic mass is 32.1. The number of carbonyl (C=O) groups excluding carboxylic acids is 2. The van der Waals surface area contributed by atoms with Gasteiger partial charge >= 0.3 is 0 Å². The molecule has 0 amide bonds. The zero-order valence-corrected chi connectivity index (χ0v) is 9.81. The van der Waals surface area contributed by atoms with Crippen LogP contribution in [0.25, 0.3) is 0 Å². The van der Waals surface area contributed by atoms with Gasteiger partial charge in [0.15, 0.2) is 12.6 Å². The minimum atomic E-state index is 0.655. The molecule has 0 saturated heterocycles. The minimum absolute atomic E-state index is 0.655. The van der Waals surface area contributed by atoms with Gasteiger partial charge in [0.2, 0.25) is 0 Å². The smallest absolute Gasteiger partial charge is 0.160 e. The molecule has 0 atom stereocenters. The maximum atomic E-state index is 10.7. The van der Waals surface area contributed by atoms with Gasteiger partial charge in [-0.1, -0.05) is 26.2 Å². The molecule has 0 spiro atoms. The van der Waals surface area contributed by atoms with Crippen LogP contribution in [0.5, 0.6) is 0 Å². The SMILES string of the molecule is CCCCCCc1cc(C=O)sc1C=O. The Morgan fingerprint density at radius 3 is 2.60 bits per heavy atom. The average Bonchev–Trinajstić information content (AvgIpc) is 2.67. The molecule has 1 rings (SSSR count). The topological polar surface area (TPSA) is 34.1 Å². The second-order valence-electron chi connectivity index (χ2n) is 3.58. The van der Waals surface area contributed by atoms with E-state index in [-0.39, 0.29) is 0 Å². The molecule has 0 aromatic carbocycles. The van der Waals surface area contributed by atoms with E-state index in [1.807, 2.05) is 6.07 Å². The quantitative estimate of drug-likeness (QED) is 0.524. The number of thiophene rings is 1. The molecule has 1 aromatic heterocycles. The van der Waals surface area contributed by atoms with E-state index in [2.05, 4.69) is 6.92 Å². The van der Waals surface area contributed by atoms with Crippen molar-refractivity contribution in [2.24, 2.45) is 0 Å². The van der Waals surface area contributed by atoms with Crippen LogP contribution in [0.15, 0.2) is 6.07 Å². The van der Waals surface area contributed by atoms with Crippen LogP contribution in [-0.2, 0) is 6.42 Å². The highest BCUT2D eigenvalue weighted by Gasteiger charge is 2.07. The van der Waals surface area contributed by atoms with E-state index in [1.54, 1.807) is 0 Å². The van der Waals surface area contributed by atoms with Crippen molar-refractivity contribution in [1.29, 1.82) is 0 Å². The van der Waals surface area contributed by atoms with Gasteiger partial charge < -0.3 is 0 Å². The van der Waals surface area contributed by atoms with Crippen LogP contribution in [0.3, 0.4) is 0 Å². The number of unbranched alkanes of at least 4 members (excludes halogenated alkanes) is 3. The molecule has 0 aliphatic rings. The van der Waals surface area contributed by atoms with E-state index in [0.717, 1.165) is 31.0 Å². The first-order valence-corrected chi connectivity index (χ1v) is 6.16. The Morgan fingerprint density at radius 1 is 1.20 bits per heavy atom. The van der Waals surface area contributed by atoms with Crippen LogP contribution in [-0.4, -0.2) is 12.6 Å². The Kier molecular flexibility index (Phi) is 5.26. The largest absolute Gasteiger partial charge is 0.297 e. The van der Waals surface area contributed by atoms with Crippen molar-refractivity contribution in [3.05, 3.63) is 21.4 Å².